The van der Waals surface area contributed by atoms with Crippen LogP contribution in [0.15, 0.2) is 18.2 Å². The summed E-state index contributed by atoms with van der Waals surface area (Å²) >= 11 is 0. The van der Waals surface area contributed by atoms with Crippen LogP contribution in [0, 0.1) is 0 Å². The summed E-state index contributed by atoms with van der Waals surface area (Å²) < 4.78 is 16.9. The highest BCUT2D eigenvalue weighted by atomic mass is 35.5. The average Bonchev–Trinajstić information content (AvgIpc) is 3.08. The molecule has 0 aromatic heterocycles. The van der Waals surface area contributed by atoms with Crippen molar-refractivity contribution in [3.63, 3.8) is 0 Å². The second-order valence-corrected chi connectivity index (χ2v) is 7.14. The second-order valence-electron chi connectivity index (χ2n) is 7.14. The molecule has 148 valence electrons. The summed E-state index contributed by atoms with van der Waals surface area (Å²) in [6.45, 7) is 2.52. The predicted octanol–water partition coefficient (Wildman–Crippen LogP) is 3.06. The summed E-state index contributed by atoms with van der Waals surface area (Å²) in [6.07, 6.45) is 6.73. The van der Waals surface area contributed by atoms with Gasteiger partial charge in [-0.15, -0.1) is 12.4 Å². The van der Waals surface area contributed by atoms with E-state index in [9.17, 15) is 5.11 Å². The van der Waals surface area contributed by atoms with Crippen LogP contribution in [0.25, 0.3) is 0 Å². The van der Waals surface area contributed by atoms with Crippen molar-refractivity contribution in [3.05, 3.63) is 23.8 Å². The van der Waals surface area contributed by atoms with Gasteiger partial charge in [0.1, 0.15) is 0 Å². The van der Waals surface area contributed by atoms with E-state index in [2.05, 4.69) is 11.0 Å². The molecule has 5 nitrogen and oxygen atoms in total. The first kappa shape index (κ1) is 21.3. The molecule has 1 N–H and O–H groups in total. The SMILES string of the molecule is Cl.[13CH3]Oc1ccc(CCO[C@H]2CCCC[C@H]2N2CC[C@@H](O)C2)cc1O[13CH3]. The Hall–Kier alpha value is -1.01. The lowest BCUT2D eigenvalue weighted by molar-refractivity contribution is -0.0316. The Morgan fingerprint density at radius 1 is 1.08 bits per heavy atom. The maximum absolute atomic E-state index is 9.83. The van der Waals surface area contributed by atoms with Gasteiger partial charge in [0, 0.05) is 19.1 Å². The number of benzene rings is 1. The van der Waals surface area contributed by atoms with Gasteiger partial charge in [-0.1, -0.05) is 18.9 Å². The fourth-order valence-electron chi connectivity index (χ4n) is 4.12. The van der Waals surface area contributed by atoms with Crippen molar-refractivity contribution in [2.24, 2.45) is 0 Å². The van der Waals surface area contributed by atoms with Gasteiger partial charge in [0.05, 0.1) is 33.0 Å². The molecule has 1 saturated heterocycles. The normalized spacial score (nSPS) is 26.3. The van der Waals surface area contributed by atoms with E-state index in [1.807, 2.05) is 12.1 Å². The Labute approximate surface area is 163 Å². The molecule has 6 heteroatoms. The summed E-state index contributed by atoms with van der Waals surface area (Å²) in [5.74, 6) is 1.52. The minimum absolute atomic E-state index is 0. The summed E-state index contributed by atoms with van der Waals surface area (Å²) in [5.41, 5.74) is 1.20. The number of ether oxygens (including phenoxy) is 3. The lowest BCUT2D eigenvalue weighted by Gasteiger charge is -2.37. The van der Waals surface area contributed by atoms with Gasteiger partial charge >= 0.3 is 0 Å². The molecule has 26 heavy (non-hydrogen) atoms. The molecule has 2 fully saturated rings. The topological polar surface area (TPSA) is 51.2 Å². The van der Waals surface area contributed by atoms with E-state index in [0.29, 0.717) is 18.8 Å². The quantitative estimate of drug-likeness (QED) is 0.729. The fraction of sp³-hybridized carbons (Fsp3) is 0.700. The van der Waals surface area contributed by atoms with Gasteiger partial charge in [-0.25, -0.2) is 0 Å². The van der Waals surface area contributed by atoms with E-state index in [-0.39, 0.29) is 18.5 Å². The Kier molecular flexibility index (Phi) is 8.48. The number of β-amino-alcohol motifs (C(OH)–C–C–N with tert-alkyl or cyclic N) is 1. The lowest BCUT2D eigenvalue weighted by Crippen LogP contribution is -2.46. The molecule has 3 rings (SSSR count). The number of aliphatic hydroxyl groups is 1. The second kappa shape index (κ2) is 10.4. The monoisotopic (exact) mass is 387 g/mol. The Morgan fingerprint density at radius 3 is 2.54 bits per heavy atom. The van der Waals surface area contributed by atoms with Gasteiger partial charge in [-0.3, -0.25) is 4.90 Å². The van der Waals surface area contributed by atoms with E-state index in [1.54, 1.807) is 14.2 Å². The van der Waals surface area contributed by atoms with Crippen molar-refractivity contribution >= 4 is 12.4 Å². The Balaban J connectivity index is 0.00000243. The molecular formula is C20H32ClNO4. The highest BCUT2D eigenvalue weighted by Crippen LogP contribution is 2.30. The number of hydrogen-bond acceptors (Lipinski definition) is 5. The van der Waals surface area contributed by atoms with Crippen LogP contribution < -0.4 is 9.47 Å². The third-order valence-electron chi connectivity index (χ3n) is 5.50. The first-order valence-corrected chi connectivity index (χ1v) is 9.46. The molecule has 0 spiro atoms. The third kappa shape index (κ3) is 5.26. The average molecular weight is 388 g/mol. The zero-order valence-corrected chi connectivity index (χ0v) is 16.7. The van der Waals surface area contributed by atoms with E-state index in [1.165, 1.54) is 24.8 Å². The molecular weight excluding hydrogens is 356 g/mol. The smallest absolute Gasteiger partial charge is 0.160 e. The molecule has 2 aliphatic rings. The van der Waals surface area contributed by atoms with Crippen LogP contribution in [0.4, 0.5) is 0 Å². The molecule has 1 aromatic carbocycles. The van der Waals surface area contributed by atoms with Gasteiger partial charge in [-0.05, 0) is 43.4 Å². The van der Waals surface area contributed by atoms with Gasteiger partial charge in [0.15, 0.2) is 11.5 Å². The summed E-state index contributed by atoms with van der Waals surface area (Å²) in [4.78, 5) is 2.44. The van der Waals surface area contributed by atoms with Crippen LogP contribution in [0.2, 0.25) is 0 Å². The predicted molar refractivity (Wildman–Crippen MR) is 105 cm³/mol. The highest BCUT2D eigenvalue weighted by molar-refractivity contribution is 5.85. The molecule has 3 atom stereocenters. The van der Waals surface area contributed by atoms with Crippen molar-refractivity contribution in [3.8, 4) is 11.5 Å². The van der Waals surface area contributed by atoms with Gasteiger partial charge in [0.2, 0.25) is 0 Å². The summed E-state index contributed by atoms with van der Waals surface area (Å²) in [5, 5.41) is 9.83. The Morgan fingerprint density at radius 2 is 1.85 bits per heavy atom. The molecule has 0 radical (unpaired) electrons. The highest BCUT2D eigenvalue weighted by Gasteiger charge is 2.34. The molecule has 1 aliphatic heterocycles. The van der Waals surface area contributed by atoms with Crippen molar-refractivity contribution in [1.82, 2.24) is 4.90 Å². The summed E-state index contributed by atoms with van der Waals surface area (Å²) in [7, 11) is 3.31. The number of aliphatic hydroxyl groups excluding tert-OH is 1. The molecule has 1 saturated carbocycles. The van der Waals surface area contributed by atoms with E-state index in [0.717, 1.165) is 43.9 Å². The molecule has 0 amide bonds. The van der Waals surface area contributed by atoms with Crippen molar-refractivity contribution < 1.29 is 19.3 Å². The first-order chi connectivity index (χ1) is 12.2. The van der Waals surface area contributed by atoms with Gasteiger partial charge in [-0.2, -0.15) is 0 Å². The van der Waals surface area contributed by atoms with Crippen LogP contribution in [0.3, 0.4) is 0 Å². The lowest BCUT2D eigenvalue weighted by atomic mass is 9.91. The van der Waals surface area contributed by atoms with Crippen LogP contribution in [-0.2, 0) is 11.2 Å². The summed E-state index contributed by atoms with van der Waals surface area (Å²) in [6, 6.07) is 6.51. The van der Waals surface area contributed by atoms with Crippen LogP contribution in [0.5, 0.6) is 11.5 Å². The zero-order valence-electron chi connectivity index (χ0n) is 15.9. The molecule has 1 aliphatic carbocycles. The number of methoxy groups -OCH3 is 2. The molecule has 0 bridgehead atoms. The number of hydrogen-bond donors (Lipinski definition) is 1. The number of likely N-dealkylation sites (tertiary alicyclic amines) is 1. The van der Waals surface area contributed by atoms with E-state index in [4.69, 9.17) is 14.2 Å². The third-order valence-corrected chi connectivity index (χ3v) is 5.50. The number of nitrogens with zero attached hydrogens (tertiary/aromatic N) is 1. The fourth-order valence-corrected chi connectivity index (χ4v) is 4.12. The van der Waals surface area contributed by atoms with Crippen molar-refractivity contribution in [2.75, 3.05) is 33.9 Å². The van der Waals surface area contributed by atoms with Crippen molar-refractivity contribution in [2.45, 2.75) is 56.8 Å². The van der Waals surface area contributed by atoms with Crippen LogP contribution >= 0.6 is 12.4 Å². The zero-order chi connectivity index (χ0) is 17.6. The first-order valence-electron chi connectivity index (χ1n) is 9.46. The minimum Gasteiger partial charge on any atom is -0.493 e. The maximum atomic E-state index is 9.83. The van der Waals surface area contributed by atoms with E-state index < -0.39 is 0 Å². The standard InChI is InChI=1S/C20H31NO4.ClH/c1-23-19-8-7-15(13-20(19)24-2)10-12-25-18-6-4-3-5-17(18)21-11-9-16(22)14-21;/h7-8,13,16-18,22H,3-6,9-12,14H2,1-2H3;1H/t16-,17-,18+;/m1./s1/i1+1,2+1;. The molecule has 0 unspecified atom stereocenters. The molecule has 1 heterocycles. The number of halogens is 1. The van der Waals surface area contributed by atoms with E-state index >= 15 is 0 Å². The molecule has 1 aromatic rings. The maximum Gasteiger partial charge on any atom is 0.160 e. The van der Waals surface area contributed by atoms with Crippen LogP contribution in [-0.4, -0.2) is 62.2 Å². The van der Waals surface area contributed by atoms with Crippen molar-refractivity contribution in [1.29, 1.82) is 0 Å². The minimum atomic E-state index is -0.158. The number of rotatable bonds is 7. The largest absolute Gasteiger partial charge is 0.493 e. The van der Waals surface area contributed by atoms with Gasteiger partial charge in [0.25, 0.3) is 0 Å². The van der Waals surface area contributed by atoms with Crippen LogP contribution in [0.1, 0.15) is 37.7 Å². The van der Waals surface area contributed by atoms with Gasteiger partial charge < -0.3 is 19.3 Å². The Bertz CT molecular complexity index is 557.